The Kier molecular flexibility index (Phi) is 2.74. The summed E-state index contributed by atoms with van der Waals surface area (Å²) in [6, 6.07) is 8.85. The van der Waals surface area contributed by atoms with Gasteiger partial charge in [-0.3, -0.25) is 0 Å². The van der Waals surface area contributed by atoms with Crippen molar-refractivity contribution in [3.05, 3.63) is 35.0 Å². The van der Waals surface area contributed by atoms with E-state index in [4.69, 9.17) is 11.6 Å². The molecule has 2 rings (SSSR count). The van der Waals surface area contributed by atoms with Crippen LogP contribution in [0.1, 0.15) is 32.0 Å². The minimum absolute atomic E-state index is 0.545. The van der Waals surface area contributed by atoms with E-state index in [1.165, 1.54) is 16.6 Å². The number of benzene rings is 1. The number of halogens is 1. The first-order valence-corrected chi connectivity index (χ1v) is 5.78. The maximum atomic E-state index is 5.98. The molecule has 1 unspecified atom stereocenters. The molecule has 0 saturated heterocycles. The first-order valence-electron chi connectivity index (χ1n) is 5.40. The summed E-state index contributed by atoms with van der Waals surface area (Å²) in [5.74, 6) is 0. The van der Waals surface area contributed by atoms with Gasteiger partial charge in [0.1, 0.15) is 0 Å². The van der Waals surface area contributed by atoms with Gasteiger partial charge in [-0.2, -0.15) is 0 Å². The van der Waals surface area contributed by atoms with Gasteiger partial charge < -0.3 is 4.57 Å². The van der Waals surface area contributed by atoms with E-state index >= 15 is 0 Å². The van der Waals surface area contributed by atoms with E-state index in [1.54, 1.807) is 0 Å². The van der Waals surface area contributed by atoms with Crippen LogP contribution in [0.5, 0.6) is 0 Å². The monoisotopic (exact) mass is 221 g/mol. The molecule has 1 aromatic heterocycles. The largest absolute Gasteiger partial charge is 0.342 e. The lowest BCUT2D eigenvalue weighted by molar-refractivity contribution is 0.537. The number of nitrogens with zero attached hydrogens (tertiary/aromatic N) is 1. The van der Waals surface area contributed by atoms with E-state index in [-0.39, 0.29) is 0 Å². The Balaban J connectivity index is 2.68. The molecule has 1 aromatic carbocycles. The highest BCUT2D eigenvalue weighted by molar-refractivity contribution is 6.31. The SMILES string of the molecule is CCC(C)n1c(C)cc2cc(Cl)ccc21. The molecule has 0 radical (unpaired) electrons. The smallest absolute Gasteiger partial charge is 0.0485 e. The van der Waals surface area contributed by atoms with E-state index < -0.39 is 0 Å². The zero-order valence-corrected chi connectivity index (χ0v) is 10.2. The van der Waals surface area contributed by atoms with Crippen molar-refractivity contribution in [1.82, 2.24) is 4.57 Å². The summed E-state index contributed by atoms with van der Waals surface area (Å²) < 4.78 is 2.38. The molecular formula is C13H16ClN. The fraction of sp³-hybridized carbons (Fsp3) is 0.385. The van der Waals surface area contributed by atoms with Crippen LogP contribution in [-0.2, 0) is 0 Å². The van der Waals surface area contributed by atoms with Gasteiger partial charge in [0.2, 0.25) is 0 Å². The second-order valence-electron chi connectivity index (χ2n) is 4.12. The van der Waals surface area contributed by atoms with Crippen LogP contribution in [0.4, 0.5) is 0 Å². The fourth-order valence-electron chi connectivity index (χ4n) is 2.11. The van der Waals surface area contributed by atoms with Crippen LogP contribution in [0.25, 0.3) is 10.9 Å². The number of hydrogen-bond acceptors (Lipinski definition) is 0. The lowest BCUT2D eigenvalue weighted by atomic mass is 10.2. The van der Waals surface area contributed by atoms with Gasteiger partial charge >= 0.3 is 0 Å². The van der Waals surface area contributed by atoms with E-state index in [0.29, 0.717) is 6.04 Å². The van der Waals surface area contributed by atoms with Crippen LogP contribution < -0.4 is 0 Å². The summed E-state index contributed by atoms with van der Waals surface area (Å²) in [6.07, 6.45) is 1.15. The van der Waals surface area contributed by atoms with Gasteiger partial charge in [0.15, 0.2) is 0 Å². The van der Waals surface area contributed by atoms with Gasteiger partial charge in [-0.1, -0.05) is 18.5 Å². The van der Waals surface area contributed by atoms with Gasteiger partial charge in [-0.25, -0.2) is 0 Å². The standard InChI is InChI=1S/C13H16ClN/c1-4-9(2)15-10(3)7-11-8-12(14)5-6-13(11)15/h5-9H,4H2,1-3H3. The Hall–Kier alpha value is -0.950. The Morgan fingerprint density at radius 1 is 1.33 bits per heavy atom. The van der Waals surface area contributed by atoms with Gasteiger partial charge in [0.05, 0.1) is 0 Å². The maximum absolute atomic E-state index is 5.98. The molecule has 2 aromatic rings. The average molecular weight is 222 g/mol. The highest BCUT2D eigenvalue weighted by Gasteiger charge is 2.10. The number of aromatic nitrogens is 1. The third kappa shape index (κ3) is 1.76. The second kappa shape index (κ2) is 3.90. The Morgan fingerprint density at radius 3 is 2.73 bits per heavy atom. The normalized spacial score (nSPS) is 13.3. The van der Waals surface area contributed by atoms with Gasteiger partial charge in [0, 0.05) is 27.7 Å². The van der Waals surface area contributed by atoms with Gasteiger partial charge in [-0.15, -0.1) is 0 Å². The number of hydrogen-bond donors (Lipinski definition) is 0. The Labute approximate surface area is 95.7 Å². The van der Waals surface area contributed by atoms with Crippen molar-refractivity contribution in [3.63, 3.8) is 0 Å². The molecule has 0 amide bonds. The van der Waals surface area contributed by atoms with Gasteiger partial charge in [-0.05, 0) is 44.5 Å². The molecular weight excluding hydrogens is 206 g/mol. The lowest BCUT2D eigenvalue weighted by Gasteiger charge is -2.15. The van der Waals surface area contributed by atoms with Crippen molar-refractivity contribution in [2.75, 3.05) is 0 Å². The lowest BCUT2D eigenvalue weighted by Crippen LogP contribution is -2.04. The molecule has 0 fully saturated rings. The molecule has 80 valence electrons. The average Bonchev–Trinajstić information content (AvgIpc) is 2.52. The van der Waals surface area contributed by atoms with Crippen molar-refractivity contribution in [2.24, 2.45) is 0 Å². The predicted octanol–water partition coefficient (Wildman–Crippen LogP) is 4.57. The number of fused-ring (bicyclic) bond motifs is 1. The second-order valence-corrected chi connectivity index (χ2v) is 4.55. The van der Waals surface area contributed by atoms with E-state index in [0.717, 1.165) is 11.4 Å². The number of rotatable bonds is 2. The number of aryl methyl sites for hydroxylation is 1. The minimum atomic E-state index is 0.545. The molecule has 1 atom stereocenters. The molecule has 2 heteroatoms. The quantitative estimate of drug-likeness (QED) is 0.700. The van der Waals surface area contributed by atoms with Crippen molar-refractivity contribution < 1.29 is 0 Å². The molecule has 15 heavy (non-hydrogen) atoms. The Bertz CT molecular complexity index is 484. The van der Waals surface area contributed by atoms with E-state index in [2.05, 4.69) is 37.5 Å². The molecule has 0 N–H and O–H groups in total. The molecule has 1 nitrogen and oxygen atoms in total. The van der Waals surface area contributed by atoms with Crippen LogP contribution in [0, 0.1) is 6.92 Å². The Morgan fingerprint density at radius 2 is 2.07 bits per heavy atom. The topological polar surface area (TPSA) is 4.93 Å². The molecule has 0 saturated carbocycles. The van der Waals surface area contributed by atoms with Crippen molar-refractivity contribution in [3.8, 4) is 0 Å². The summed E-state index contributed by atoms with van der Waals surface area (Å²) in [7, 11) is 0. The van der Waals surface area contributed by atoms with Crippen molar-refractivity contribution >= 4 is 22.5 Å². The summed E-state index contributed by atoms with van der Waals surface area (Å²) in [6.45, 7) is 6.62. The first kappa shape index (κ1) is 10.6. The highest BCUT2D eigenvalue weighted by Crippen LogP contribution is 2.27. The van der Waals surface area contributed by atoms with Crippen molar-refractivity contribution in [1.29, 1.82) is 0 Å². The van der Waals surface area contributed by atoms with Crippen LogP contribution in [0.15, 0.2) is 24.3 Å². The fourth-order valence-corrected chi connectivity index (χ4v) is 2.29. The van der Waals surface area contributed by atoms with Crippen molar-refractivity contribution in [2.45, 2.75) is 33.2 Å². The van der Waals surface area contributed by atoms with E-state index in [9.17, 15) is 0 Å². The summed E-state index contributed by atoms with van der Waals surface area (Å²) in [5, 5.41) is 2.05. The third-order valence-electron chi connectivity index (χ3n) is 3.03. The zero-order chi connectivity index (χ0) is 11.0. The summed E-state index contributed by atoms with van der Waals surface area (Å²) in [5.41, 5.74) is 2.59. The van der Waals surface area contributed by atoms with Crippen LogP contribution in [0.2, 0.25) is 5.02 Å². The summed E-state index contributed by atoms with van der Waals surface area (Å²) >= 11 is 5.98. The molecule has 0 bridgehead atoms. The molecule has 0 aliphatic heterocycles. The third-order valence-corrected chi connectivity index (χ3v) is 3.26. The van der Waals surface area contributed by atoms with Crippen LogP contribution in [0.3, 0.4) is 0 Å². The molecule has 0 aliphatic rings. The molecule has 0 spiro atoms. The van der Waals surface area contributed by atoms with Crippen LogP contribution >= 0.6 is 11.6 Å². The van der Waals surface area contributed by atoms with Gasteiger partial charge in [0.25, 0.3) is 0 Å². The minimum Gasteiger partial charge on any atom is -0.342 e. The molecule has 0 aliphatic carbocycles. The van der Waals surface area contributed by atoms with Crippen LogP contribution in [-0.4, -0.2) is 4.57 Å². The highest BCUT2D eigenvalue weighted by atomic mass is 35.5. The predicted molar refractivity (Wildman–Crippen MR) is 66.7 cm³/mol. The zero-order valence-electron chi connectivity index (χ0n) is 9.42. The summed E-state index contributed by atoms with van der Waals surface area (Å²) in [4.78, 5) is 0. The first-order chi connectivity index (χ1) is 7.13. The molecule has 1 heterocycles. The maximum Gasteiger partial charge on any atom is 0.0485 e. The van der Waals surface area contributed by atoms with E-state index in [1.807, 2.05) is 12.1 Å².